The first-order chi connectivity index (χ1) is 15.1. The lowest BCUT2D eigenvalue weighted by Gasteiger charge is -2.38. The average molecular weight is 451 g/mol. The van der Waals surface area contributed by atoms with Gasteiger partial charge in [-0.15, -0.1) is 0 Å². The average Bonchev–Trinajstić information content (AvgIpc) is 2.74. The minimum absolute atomic E-state index is 0.221. The van der Waals surface area contributed by atoms with Crippen LogP contribution in [0.3, 0.4) is 0 Å². The Morgan fingerprint density at radius 2 is 1.75 bits per heavy atom. The molecule has 2 amide bonds. The molecule has 0 aliphatic carbocycles. The number of nitrogens with zero attached hydrogens (tertiary/aromatic N) is 1. The van der Waals surface area contributed by atoms with E-state index in [4.69, 9.17) is 0 Å². The predicted octanol–water partition coefficient (Wildman–Crippen LogP) is 4.51. The highest BCUT2D eigenvalue weighted by atomic mass is 19.4. The van der Waals surface area contributed by atoms with Gasteiger partial charge in [-0.1, -0.05) is 18.2 Å². The minimum Gasteiger partial charge on any atom is -0.334 e. The van der Waals surface area contributed by atoms with Gasteiger partial charge < -0.3 is 10.2 Å². The third kappa shape index (κ3) is 5.45. The van der Waals surface area contributed by atoms with Gasteiger partial charge in [0.1, 0.15) is 5.82 Å². The fourth-order valence-electron chi connectivity index (χ4n) is 3.79. The molecule has 32 heavy (non-hydrogen) atoms. The van der Waals surface area contributed by atoms with E-state index in [-0.39, 0.29) is 17.4 Å². The van der Waals surface area contributed by atoms with E-state index in [2.05, 4.69) is 10.6 Å². The van der Waals surface area contributed by atoms with Crippen molar-refractivity contribution in [1.82, 2.24) is 10.2 Å². The van der Waals surface area contributed by atoms with Crippen LogP contribution in [-0.4, -0.2) is 35.3 Å². The Morgan fingerprint density at radius 3 is 2.38 bits per heavy atom. The molecule has 3 unspecified atom stereocenters. The molecule has 172 valence electrons. The SMILES string of the molecule is CC(NC1CCCN(C(C)c2ccccc2F)C1=O)C(=O)Nc1ccc(C(F)(F)F)cc1. The van der Waals surface area contributed by atoms with Crippen molar-refractivity contribution >= 4 is 17.5 Å². The van der Waals surface area contributed by atoms with Crippen LogP contribution < -0.4 is 10.6 Å². The monoisotopic (exact) mass is 451 g/mol. The van der Waals surface area contributed by atoms with E-state index in [1.54, 1.807) is 36.9 Å². The fraction of sp³-hybridized carbons (Fsp3) is 0.391. The molecule has 9 heteroatoms. The number of rotatable bonds is 6. The molecule has 2 aromatic rings. The molecule has 2 aromatic carbocycles. The van der Waals surface area contributed by atoms with E-state index < -0.39 is 35.8 Å². The quantitative estimate of drug-likeness (QED) is 0.636. The highest BCUT2D eigenvalue weighted by molar-refractivity contribution is 5.95. The molecule has 2 N–H and O–H groups in total. The number of alkyl halides is 3. The van der Waals surface area contributed by atoms with E-state index in [1.807, 2.05) is 0 Å². The molecule has 0 radical (unpaired) electrons. The summed E-state index contributed by atoms with van der Waals surface area (Å²) in [7, 11) is 0. The molecule has 3 rings (SSSR count). The van der Waals surface area contributed by atoms with Gasteiger partial charge in [0.05, 0.1) is 23.7 Å². The van der Waals surface area contributed by atoms with Gasteiger partial charge in [-0.3, -0.25) is 14.9 Å². The Kier molecular flexibility index (Phi) is 7.18. The largest absolute Gasteiger partial charge is 0.416 e. The zero-order chi connectivity index (χ0) is 23.5. The maximum absolute atomic E-state index is 14.2. The van der Waals surface area contributed by atoms with Gasteiger partial charge in [0, 0.05) is 17.8 Å². The van der Waals surface area contributed by atoms with Crippen molar-refractivity contribution in [3.63, 3.8) is 0 Å². The molecular formula is C23H25F4N3O2. The molecule has 1 saturated heterocycles. The van der Waals surface area contributed by atoms with Crippen molar-refractivity contribution in [3.05, 3.63) is 65.5 Å². The molecule has 1 aliphatic heterocycles. The zero-order valence-electron chi connectivity index (χ0n) is 17.7. The van der Waals surface area contributed by atoms with Gasteiger partial charge >= 0.3 is 6.18 Å². The number of halogens is 4. The lowest BCUT2D eigenvalue weighted by molar-refractivity contribution is -0.139. The standard InChI is InChI=1S/C23H25F4N3O2/c1-14(21(31)29-17-11-9-16(10-12-17)23(25,26)27)28-20-8-5-13-30(22(20)32)15(2)18-6-3-4-7-19(18)24/h3-4,6-7,9-12,14-15,20,28H,5,8,13H2,1-2H3,(H,29,31). The van der Waals surface area contributed by atoms with Crippen LogP contribution in [0.1, 0.15) is 43.9 Å². The zero-order valence-corrected chi connectivity index (χ0v) is 17.7. The number of hydrogen-bond acceptors (Lipinski definition) is 3. The van der Waals surface area contributed by atoms with Crippen LogP contribution in [0.25, 0.3) is 0 Å². The van der Waals surface area contributed by atoms with Crippen molar-refractivity contribution < 1.29 is 27.2 Å². The van der Waals surface area contributed by atoms with E-state index >= 15 is 0 Å². The fourth-order valence-corrected chi connectivity index (χ4v) is 3.79. The predicted molar refractivity (Wildman–Crippen MR) is 112 cm³/mol. The van der Waals surface area contributed by atoms with Crippen LogP contribution in [0.15, 0.2) is 48.5 Å². The number of hydrogen-bond donors (Lipinski definition) is 2. The summed E-state index contributed by atoms with van der Waals surface area (Å²) in [5.74, 6) is -1.08. The molecule has 0 saturated carbocycles. The van der Waals surface area contributed by atoms with E-state index in [0.29, 0.717) is 24.9 Å². The Bertz CT molecular complexity index is 962. The molecule has 0 spiro atoms. The number of amides is 2. The number of carbonyl (C=O) groups is 2. The normalized spacial score (nSPS) is 18.9. The number of benzene rings is 2. The molecule has 0 bridgehead atoms. The molecule has 3 atom stereocenters. The highest BCUT2D eigenvalue weighted by Crippen LogP contribution is 2.30. The summed E-state index contributed by atoms with van der Waals surface area (Å²) >= 11 is 0. The summed E-state index contributed by atoms with van der Waals surface area (Å²) in [4.78, 5) is 27.1. The highest BCUT2D eigenvalue weighted by Gasteiger charge is 2.34. The Balaban J connectivity index is 1.61. The second-order valence-corrected chi connectivity index (χ2v) is 7.88. The first-order valence-electron chi connectivity index (χ1n) is 10.4. The van der Waals surface area contributed by atoms with Crippen LogP contribution in [0.2, 0.25) is 0 Å². The second-order valence-electron chi connectivity index (χ2n) is 7.88. The molecular weight excluding hydrogens is 426 g/mol. The Labute approximate surface area is 183 Å². The van der Waals surface area contributed by atoms with Crippen LogP contribution in [0, 0.1) is 5.82 Å². The Hall–Kier alpha value is -2.94. The van der Waals surface area contributed by atoms with Crippen LogP contribution in [0.5, 0.6) is 0 Å². The molecule has 1 fully saturated rings. The maximum atomic E-state index is 14.2. The summed E-state index contributed by atoms with van der Waals surface area (Å²) in [5.41, 5.74) is -0.158. The first-order valence-corrected chi connectivity index (χ1v) is 10.4. The third-order valence-corrected chi connectivity index (χ3v) is 5.62. The summed E-state index contributed by atoms with van der Waals surface area (Å²) in [5, 5.41) is 5.55. The molecule has 0 aromatic heterocycles. The second kappa shape index (κ2) is 9.68. The number of carbonyl (C=O) groups excluding carboxylic acids is 2. The van der Waals surface area contributed by atoms with E-state index in [0.717, 1.165) is 12.1 Å². The van der Waals surface area contributed by atoms with Gasteiger partial charge in [-0.2, -0.15) is 13.2 Å². The van der Waals surface area contributed by atoms with E-state index in [1.165, 1.54) is 18.2 Å². The third-order valence-electron chi connectivity index (χ3n) is 5.62. The van der Waals surface area contributed by atoms with Crippen molar-refractivity contribution in [3.8, 4) is 0 Å². The number of anilines is 1. The summed E-state index contributed by atoms with van der Waals surface area (Å²) in [6, 6.07) is 8.59. The topological polar surface area (TPSA) is 61.4 Å². The van der Waals surface area contributed by atoms with Crippen LogP contribution in [-0.2, 0) is 15.8 Å². The van der Waals surface area contributed by atoms with Crippen molar-refractivity contribution in [2.24, 2.45) is 0 Å². The summed E-state index contributed by atoms with van der Waals surface area (Å²) < 4.78 is 52.2. The van der Waals surface area contributed by atoms with Gasteiger partial charge in [-0.25, -0.2) is 4.39 Å². The maximum Gasteiger partial charge on any atom is 0.416 e. The van der Waals surface area contributed by atoms with Crippen molar-refractivity contribution in [2.45, 2.75) is 51.0 Å². The van der Waals surface area contributed by atoms with E-state index in [9.17, 15) is 27.2 Å². The van der Waals surface area contributed by atoms with Crippen molar-refractivity contribution in [2.75, 3.05) is 11.9 Å². The van der Waals surface area contributed by atoms with Crippen LogP contribution >= 0.6 is 0 Å². The molecule has 1 heterocycles. The first kappa shape index (κ1) is 23.7. The van der Waals surface area contributed by atoms with Crippen molar-refractivity contribution in [1.29, 1.82) is 0 Å². The van der Waals surface area contributed by atoms with Crippen LogP contribution in [0.4, 0.5) is 23.2 Å². The minimum atomic E-state index is -4.45. The lowest BCUT2D eigenvalue weighted by Crippen LogP contribution is -2.55. The number of nitrogens with one attached hydrogen (secondary N) is 2. The summed E-state index contributed by atoms with van der Waals surface area (Å²) in [6.45, 7) is 3.82. The summed E-state index contributed by atoms with van der Waals surface area (Å²) in [6.07, 6.45) is -3.24. The Morgan fingerprint density at radius 1 is 1.09 bits per heavy atom. The number of piperidine rings is 1. The molecule has 5 nitrogen and oxygen atoms in total. The number of likely N-dealkylation sites (tertiary alicyclic amines) is 1. The van der Waals surface area contributed by atoms with Gasteiger partial charge in [0.15, 0.2) is 0 Å². The van der Waals surface area contributed by atoms with Gasteiger partial charge in [0.25, 0.3) is 0 Å². The smallest absolute Gasteiger partial charge is 0.334 e. The van der Waals surface area contributed by atoms with Gasteiger partial charge in [0.2, 0.25) is 11.8 Å². The van der Waals surface area contributed by atoms with Gasteiger partial charge in [-0.05, 0) is 57.0 Å². The molecule has 1 aliphatic rings. The lowest BCUT2D eigenvalue weighted by atomic mass is 9.98.